The molecule has 0 fully saturated rings. The van der Waals surface area contributed by atoms with Crippen molar-refractivity contribution in [2.45, 2.75) is 6.42 Å². The van der Waals surface area contributed by atoms with Crippen molar-refractivity contribution in [1.29, 1.82) is 0 Å². The number of anilines is 1. The Balaban J connectivity index is 1.47. The maximum Gasteiger partial charge on any atom is 0.276 e. The molecule has 3 heterocycles. The fourth-order valence-electron chi connectivity index (χ4n) is 2.55. The first-order chi connectivity index (χ1) is 13.2. The molecule has 0 atom stereocenters. The largest absolute Gasteiger partial charge is 0.324 e. The van der Waals surface area contributed by atoms with Crippen LogP contribution in [0.15, 0.2) is 67.1 Å². The number of carbonyl (C=O) groups excluding carboxylic acids is 1. The van der Waals surface area contributed by atoms with Gasteiger partial charge in [-0.3, -0.25) is 15.1 Å². The Morgan fingerprint density at radius 3 is 2.74 bits per heavy atom. The molecule has 0 saturated carbocycles. The maximum atomic E-state index is 13.7. The zero-order valence-electron chi connectivity index (χ0n) is 14.0. The van der Waals surface area contributed by atoms with Crippen molar-refractivity contribution in [2.24, 2.45) is 0 Å². The number of halogens is 1. The number of carbonyl (C=O) groups is 1. The molecule has 27 heavy (non-hydrogen) atoms. The van der Waals surface area contributed by atoms with Crippen LogP contribution in [0.4, 0.5) is 9.52 Å². The molecule has 1 N–H and O–H groups in total. The monoisotopic (exact) mass is 379 g/mol. The van der Waals surface area contributed by atoms with E-state index in [2.05, 4.69) is 20.5 Å². The van der Waals surface area contributed by atoms with Crippen molar-refractivity contribution < 1.29 is 9.18 Å². The number of rotatable bonds is 5. The van der Waals surface area contributed by atoms with Crippen LogP contribution in [-0.2, 0) is 6.42 Å². The molecule has 4 rings (SSSR count). The molecule has 6 nitrogen and oxygen atoms in total. The lowest BCUT2D eigenvalue weighted by atomic mass is 10.1. The van der Waals surface area contributed by atoms with Gasteiger partial charge in [0.25, 0.3) is 5.91 Å². The van der Waals surface area contributed by atoms with Crippen molar-refractivity contribution in [3.63, 3.8) is 0 Å². The van der Waals surface area contributed by atoms with E-state index in [1.54, 1.807) is 30.5 Å². The van der Waals surface area contributed by atoms with Gasteiger partial charge in [0.15, 0.2) is 0 Å². The van der Waals surface area contributed by atoms with Gasteiger partial charge in [-0.1, -0.05) is 29.5 Å². The Morgan fingerprint density at radius 2 is 1.93 bits per heavy atom. The standard InChI is InChI=1S/C19H14FN5OS/c20-15-6-2-1-5-13(15)11-17-23-24-19(27-17)22-18(26)16-12-14(7-8-21-16)25-9-3-4-10-25/h1-10,12H,11H2,(H,22,24,26). The summed E-state index contributed by atoms with van der Waals surface area (Å²) in [6.45, 7) is 0. The van der Waals surface area contributed by atoms with Gasteiger partial charge in [-0.15, -0.1) is 10.2 Å². The quantitative estimate of drug-likeness (QED) is 0.574. The molecule has 4 aromatic rings. The predicted molar refractivity (Wildman–Crippen MR) is 101 cm³/mol. The minimum Gasteiger partial charge on any atom is -0.324 e. The molecule has 0 saturated heterocycles. The highest BCUT2D eigenvalue weighted by Crippen LogP contribution is 2.20. The fourth-order valence-corrected chi connectivity index (χ4v) is 3.31. The SMILES string of the molecule is O=C(Nc1nnc(Cc2ccccc2F)s1)c1cc(-n2cccc2)ccn1. The van der Waals surface area contributed by atoms with Gasteiger partial charge in [0.1, 0.15) is 16.5 Å². The second-order valence-corrected chi connectivity index (χ2v) is 6.77. The molecule has 0 unspecified atom stereocenters. The Labute approximate surface area is 158 Å². The van der Waals surface area contributed by atoms with E-state index in [1.807, 2.05) is 35.2 Å². The second-order valence-electron chi connectivity index (χ2n) is 5.71. The topological polar surface area (TPSA) is 72.7 Å². The van der Waals surface area contributed by atoms with Crippen molar-refractivity contribution in [1.82, 2.24) is 19.7 Å². The molecule has 134 valence electrons. The minimum atomic E-state index is -0.377. The lowest BCUT2D eigenvalue weighted by Crippen LogP contribution is -2.14. The lowest BCUT2D eigenvalue weighted by molar-refractivity contribution is 0.102. The molecule has 1 aromatic carbocycles. The van der Waals surface area contributed by atoms with Crippen LogP contribution in [0.2, 0.25) is 0 Å². The fraction of sp³-hybridized carbons (Fsp3) is 0.0526. The number of nitrogens with zero attached hydrogens (tertiary/aromatic N) is 4. The Hall–Kier alpha value is -3.39. The molecule has 0 aliphatic rings. The van der Waals surface area contributed by atoms with Crippen LogP contribution in [0.25, 0.3) is 5.69 Å². The van der Waals surface area contributed by atoms with Crippen molar-refractivity contribution in [3.8, 4) is 5.69 Å². The number of aromatic nitrogens is 4. The number of benzene rings is 1. The number of amides is 1. The summed E-state index contributed by atoms with van der Waals surface area (Å²) in [7, 11) is 0. The highest BCUT2D eigenvalue weighted by atomic mass is 32.1. The van der Waals surface area contributed by atoms with E-state index in [0.29, 0.717) is 22.1 Å². The molecule has 0 spiro atoms. The van der Waals surface area contributed by atoms with Crippen molar-refractivity contribution in [3.05, 3.63) is 89.2 Å². The molecule has 0 radical (unpaired) electrons. The van der Waals surface area contributed by atoms with E-state index in [1.165, 1.54) is 17.4 Å². The van der Waals surface area contributed by atoms with Crippen LogP contribution in [0, 0.1) is 5.82 Å². The molecule has 1 amide bonds. The summed E-state index contributed by atoms with van der Waals surface area (Å²) in [6, 6.07) is 13.8. The van der Waals surface area contributed by atoms with Gasteiger partial charge < -0.3 is 4.57 Å². The average molecular weight is 379 g/mol. The van der Waals surface area contributed by atoms with E-state index >= 15 is 0 Å². The molecule has 0 aliphatic carbocycles. The zero-order valence-corrected chi connectivity index (χ0v) is 14.9. The smallest absolute Gasteiger partial charge is 0.276 e. The molecular weight excluding hydrogens is 365 g/mol. The predicted octanol–water partition coefficient (Wildman–Crippen LogP) is 3.71. The summed E-state index contributed by atoms with van der Waals surface area (Å²) >= 11 is 1.21. The molecule has 3 aromatic heterocycles. The minimum absolute atomic E-state index is 0.270. The normalized spacial score (nSPS) is 10.7. The van der Waals surface area contributed by atoms with E-state index in [0.717, 1.165) is 5.69 Å². The molecule has 0 aliphatic heterocycles. The average Bonchev–Trinajstić information content (AvgIpc) is 3.36. The van der Waals surface area contributed by atoms with E-state index < -0.39 is 0 Å². The van der Waals surface area contributed by atoms with Crippen LogP contribution < -0.4 is 5.32 Å². The number of nitrogens with one attached hydrogen (secondary N) is 1. The summed E-state index contributed by atoms with van der Waals surface area (Å²) in [5.41, 5.74) is 1.64. The van der Waals surface area contributed by atoms with Gasteiger partial charge >= 0.3 is 0 Å². The maximum absolute atomic E-state index is 13.7. The van der Waals surface area contributed by atoms with Crippen LogP contribution in [0.3, 0.4) is 0 Å². The van der Waals surface area contributed by atoms with Gasteiger partial charge in [0, 0.05) is 30.7 Å². The number of pyridine rings is 1. The van der Waals surface area contributed by atoms with Gasteiger partial charge in [0.05, 0.1) is 0 Å². The van der Waals surface area contributed by atoms with Crippen LogP contribution in [0.5, 0.6) is 0 Å². The van der Waals surface area contributed by atoms with Crippen molar-refractivity contribution >= 4 is 22.4 Å². The summed E-state index contributed by atoms with van der Waals surface area (Å²) in [5.74, 6) is -0.665. The Bertz CT molecular complexity index is 1080. The second kappa shape index (κ2) is 7.46. The highest BCUT2D eigenvalue weighted by molar-refractivity contribution is 7.15. The van der Waals surface area contributed by atoms with Crippen LogP contribution >= 0.6 is 11.3 Å². The van der Waals surface area contributed by atoms with E-state index in [9.17, 15) is 9.18 Å². The Kier molecular flexibility index (Phi) is 4.71. The third-order valence-electron chi connectivity index (χ3n) is 3.87. The molecule has 0 bridgehead atoms. The van der Waals surface area contributed by atoms with Gasteiger partial charge in [-0.2, -0.15) is 0 Å². The molecular formula is C19H14FN5OS. The van der Waals surface area contributed by atoms with Crippen LogP contribution in [0.1, 0.15) is 21.1 Å². The number of hydrogen-bond donors (Lipinski definition) is 1. The Morgan fingerprint density at radius 1 is 1.11 bits per heavy atom. The van der Waals surface area contributed by atoms with E-state index in [4.69, 9.17) is 0 Å². The first kappa shape index (κ1) is 17.0. The van der Waals surface area contributed by atoms with Crippen molar-refractivity contribution in [2.75, 3.05) is 5.32 Å². The summed E-state index contributed by atoms with van der Waals surface area (Å²) in [4.78, 5) is 16.6. The van der Waals surface area contributed by atoms with Gasteiger partial charge in [-0.05, 0) is 35.9 Å². The summed E-state index contributed by atoms with van der Waals surface area (Å²) in [6.07, 6.45) is 5.67. The number of hydrogen-bond acceptors (Lipinski definition) is 5. The lowest BCUT2D eigenvalue weighted by Gasteiger charge is -2.05. The van der Waals surface area contributed by atoms with Gasteiger partial charge in [0.2, 0.25) is 5.13 Å². The highest BCUT2D eigenvalue weighted by Gasteiger charge is 2.13. The van der Waals surface area contributed by atoms with E-state index in [-0.39, 0.29) is 17.4 Å². The van der Waals surface area contributed by atoms with Gasteiger partial charge in [-0.25, -0.2) is 4.39 Å². The third kappa shape index (κ3) is 3.90. The first-order valence-corrected chi connectivity index (χ1v) is 8.97. The first-order valence-electron chi connectivity index (χ1n) is 8.15. The summed E-state index contributed by atoms with van der Waals surface area (Å²) < 4.78 is 15.6. The van der Waals surface area contributed by atoms with Crippen LogP contribution in [-0.4, -0.2) is 25.7 Å². The summed E-state index contributed by atoms with van der Waals surface area (Å²) in [5, 5.41) is 11.6. The zero-order chi connectivity index (χ0) is 18.6. The molecule has 8 heteroatoms. The third-order valence-corrected chi connectivity index (χ3v) is 4.70.